The Bertz CT molecular complexity index is 649. The minimum absolute atomic E-state index is 0.217. The number of piperazine rings is 1. The van der Waals surface area contributed by atoms with Gasteiger partial charge in [0.2, 0.25) is 0 Å². The monoisotopic (exact) mass is 301 g/mol. The van der Waals surface area contributed by atoms with Crippen molar-refractivity contribution in [2.75, 3.05) is 51.2 Å². The predicted molar refractivity (Wildman–Crippen MR) is 87.2 cm³/mol. The van der Waals surface area contributed by atoms with E-state index in [-0.39, 0.29) is 12.1 Å². The Morgan fingerprint density at radius 3 is 2.77 bits per heavy atom. The van der Waals surface area contributed by atoms with Crippen LogP contribution in [0.1, 0.15) is 0 Å². The topological polar surface area (TPSA) is 58.6 Å². The molecule has 0 unspecified atom stereocenters. The highest BCUT2D eigenvalue weighted by molar-refractivity contribution is 5.77. The Hall–Kier alpha value is -1.63. The lowest BCUT2D eigenvalue weighted by Crippen LogP contribution is -2.52. The lowest BCUT2D eigenvalue weighted by molar-refractivity contribution is 0.0512. The van der Waals surface area contributed by atoms with Gasteiger partial charge in [-0.05, 0) is 25.2 Å². The van der Waals surface area contributed by atoms with Gasteiger partial charge in [-0.1, -0.05) is 0 Å². The molecule has 2 saturated heterocycles. The molecule has 0 spiro atoms. The van der Waals surface area contributed by atoms with Gasteiger partial charge in [-0.2, -0.15) is 0 Å². The molecule has 0 radical (unpaired) electrons. The van der Waals surface area contributed by atoms with Crippen LogP contribution in [0.15, 0.2) is 24.4 Å². The maximum atomic E-state index is 10.5. The number of aliphatic hydroxyl groups excluding tert-OH is 1. The van der Waals surface area contributed by atoms with E-state index in [0.29, 0.717) is 6.54 Å². The smallest absolute Gasteiger partial charge is 0.139 e. The van der Waals surface area contributed by atoms with Gasteiger partial charge in [0.15, 0.2) is 0 Å². The van der Waals surface area contributed by atoms with Crippen LogP contribution in [-0.2, 0) is 0 Å². The summed E-state index contributed by atoms with van der Waals surface area (Å²) >= 11 is 0. The summed E-state index contributed by atoms with van der Waals surface area (Å²) in [7, 11) is 2.16. The number of nitrogens with one attached hydrogen (secondary N) is 1. The van der Waals surface area contributed by atoms with Crippen LogP contribution < -0.4 is 4.90 Å². The van der Waals surface area contributed by atoms with E-state index in [1.165, 1.54) is 0 Å². The fourth-order valence-electron chi connectivity index (χ4n) is 3.57. The summed E-state index contributed by atoms with van der Waals surface area (Å²) in [6, 6.07) is 6.38. The van der Waals surface area contributed by atoms with E-state index in [1.54, 1.807) is 0 Å². The summed E-state index contributed by atoms with van der Waals surface area (Å²) in [4.78, 5) is 14.8. The van der Waals surface area contributed by atoms with Crippen molar-refractivity contribution in [2.45, 2.75) is 12.1 Å². The molecular formula is C16H23N5O. The standard InChI is InChI=1S/C16H23N5O/c1-19-6-8-20(9-7-19)13-10-21(11-14(13)22)15-3-2-12-4-5-17-16(12)18-15/h2-5,13-14,22H,6-11H2,1H3,(H,17,18)/t13-,14-/m0/s1. The third-order valence-corrected chi connectivity index (χ3v) is 4.98. The molecule has 0 aromatic carbocycles. The van der Waals surface area contributed by atoms with Gasteiger partial charge in [0.1, 0.15) is 11.5 Å². The molecular weight excluding hydrogens is 278 g/mol. The number of aromatic amines is 1. The van der Waals surface area contributed by atoms with Crippen LogP contribution in [0.25, 0.3) is 11.0 Å². The molecule has 0 amide bonds. The first kappa shape index (κ1) is 14.0. The zero-order valence-electron chi connectivity index (χ0n) is 12.9. The van der Waals surface area contributed by atoms with Gasteiger partial charge in [0.25, 0.3) is 0 Å². The number of hydrogen-bond acceptors (Lipinski definition) is 5. The van der Waals surface area contributed by atoms with Crippen molar-refractivity contribution < 1.29 is 5.11 Å². The number of β-amino-alcohol motifs (C(OH)–C–C–N with tert-alkyl or cyclic N) is 1. The van der Waals surface area contributed by atoms with E-state index in [0.717, 1.165) is 49.6 Å². The third-order valence-electron chi connectivity index (χ3n) is 4.98. The van der Waals surface area contributed by atoms with Crippen molar-refractivity contribution >= 4 is 16.9 Å². The van der Waals surface area contributed by atoms with Crippen LogP contribution in [0.2, 0.25) is 0 Å². The fraction of sp³-hybridized carbons (Fsp3) is 0.562. The van der Waals surface area contributed by atoms with Crippen LogP contribution in [0.5, 0.6) is 0 Å². The zero-order chi connectivity index (χ0) is 15.1. The Labute approximate surface area is 130 Å². The second-order valence-corrected chi connectivity index (χ2v) is 6.46. The zero-order valence-corrected chi connectivity index (χ0v) is 12.9. The maximum Gasteiger partial charge on any atom is 0.139 e. The highest BCUT2D eigenvalue weighted by Gasteiger charge is 2.36. The van der Waals surface area contributed by atoms with Crippen molar-refractivity contribution in [3.63, 3.8) is 0 Å². The van der Waals surface area contributed by atoms with E-state index in [1.807, 2.05) is 12.3 Å². The molecule has 2 aliphatic heterocycles. The van der Waals surface area contributed by atoms with Crippen molar-refractivity contribution in [1.82, 2.24) is 19.8 Å². The highest BCUT2D eigenvalue weighted by atomic mass is 16.3. The lowest BCUT2D eigenvalue weighted by atomic mass is 10.1. The number of H-pyrrole nitrogens is 1. The fourth-order valence-corrected chi connectivity index (χ4v) is 3.57. The van der Waals surface area contributed by atoms with Crippen molar-refractivity contribution in [1.29, 1.82) is 0 Å². The minimum atomic E-state index is -0.301. The van der Waals surface area contributed by atoms with E-state index in [2.05, 4.69) is 43.8 Å². The number of hydrogen-bond donors (Lipinski definition) is 2. The summed E-state index contributed by atoms with van der Waals surface area (Å²) in [6.45, 7) is 5.75. The van der Waals surface area contributed by atoms with Gasteiger partial charge in [-0.25, -0.2) is 4.98 Å². The largest absolute Gasteiger partial charge is 0.390 e. The molecule has 0 saturated carbocycles. The maximum absolute atomic E-state index is 10.5. The first-order valence-corrected chi connectivity index (χ1v) is 8.00. The molecule has 0 bridgehead atoms. The second-order valence-electron chi connectivity index (χ2n) is 6.46. The lowest BCUT2D eigenvalue weighted by Gasteiger charge is -2.37. The van der Waals surface area contributed by atoms with Crippen molar-refractivity contribution in [3.05, 3.63) is 24.4 Å². The van der Waals surface area contributed by atoms with Gasteiger partial charge < -0.3 is 19.9 Å². The Morgan fingerprint density at radius 2 is 1.95 bits per heavy atom. The van der Waals surface area contributed by atoms with E-state index >= 15 is 0 Å². The summed E-state index contributed by atoms with van der Waals surface area (Å²) < 4.78 is 0. The molecule has 6 nitrogen and oxygen atoms in total. The first-order chi connectivity index (χ1) is 10.7. The Kier molecular flexibility index (Phi) is 3.52. The normalized spacial score (nSPS) is 27.8. The number of fused-ring (bicyclic) bond motifs is 1. The van der Waals surface area contributed by atoms with Gasteiger partial charge in [-0.15, -0.1) is 0 Å². The number of aromatic nitrogens is 2. The molecule has 2 N–H and O–H groups in total. The van der Waals surface area contributed by atoms with E-state index in [9.17, 15) is 5.11 Å². The molecule has 118 valence electrons. The van der Waals surface area contributed by atoms with Crippen LogP contribution in [0.3, 0.4) is 0 Å². The Morgan fingerprint density at radius 1 is 1.14 bits per heavy atom. The average Bonchev–Trinajstić information content (AvgIpc) is 3.13. The number of likely N-dealkylation sites (N-methyl/N-ethyl adjacent to an activating group) is 1. The predicted octanol–water partition coefficient (Wildman–Crippen LogP) is 0.360. The minimum Gasteiger partial charge on any atom is -0.390 e. The molecule has 4 rings (SSSR count). The first-order valence-electron chi connectivity index (χ1n) is 8.00. The van der Waals surface area contributed by atoms with Gasteiger partial charge in [-0.3, -0.25) is 4.90 Å². The van der Waals surface area contributed by atoms with Crippen molar-refractivity contribution in [2.24, 2.45) is 0 Å². The van der Waals surface area contributed by atoms with Gasteiger partial charge >= 0.3 is 0 Å². The highest BCUT2D eigenvalue weighted by Crippen LogP contribution is 2.24. The molecule has 2 aliphatic rings. The van der Waals surface area contributed by atoms with Crippen molar-refractivity contribution in [3.8, 4) is 0 Å². The molecule has 0 aliphatic carbocycles. The molecule has 2 fully saturated rings. The average molecular weight is 301 g/mol. The number of nitrogens with zero attached hydrogens (tertiary/aromatic N) is 4. The molecule has 22 heavy (non-hydrogen) atoms. The number of aliphatic hydroxyl groups is 1. The molecule has 2 aromatic heterocycles. The van der Waals surface area contributed by atoms with Crippen LogP contribution in [0, 0.1) is 0 Å². The summed E-state index contributed by atoms with van der Waals surface area (Å²) in [5.74, 6) is 0.950. The SMILES string of the molecule is CN1CCN([C@H]2CN(c3ccc4cc[nH]c4n3)C[C@@H]2O)CC1. The number of anilines is 1. The quantitative estimate of drug-likeness (QED) is 0.839. The summed E-state index contributed by atoms with van der Waals surface area (Å²) in [5, 5.41) is 11.6. The van der Waals surface area contributed by atoms with E-state index < -0.39 is 0 Å². The van der Waals surface area contributed by atoms with Crippen LogP contribution >= 0.6 is 0 Å². The van der Waals surface area contributed by atoms with Gasteiger partial charge in [0.05, 0.1) is 12.1 Å². The molecule has 6 heteroatoms. The number of pyridine rings is 1. The van der Waals surface area contributed by atoms with Crippen LogP contribution in [-0.4, -0.2) is 83.3 Å². The summed E-state index contributed by atoms with van der Waals surface area (Å²) in [6.07, 6.45) is 1.61. The Balaban J connectivity index is 1.50. The molecule has 2 aromatic rings. The second kappa shape index (κ2) is 5.53. The van der Waals surface area contributed by atoms with Gasteiger partial charge in [0, 0.05) is 50.9 Å². The summed E-state index contributed by atoms with van der Waals surface area (Å²) in [5.41, 5.74) is 0.912. The number of rotatable bonds is 2. The van der Waals surface area contributed by atoms with E-state index in [4.69, 9.17) is 0 Å². The molecule has 4 heterocycles. The third kappa shape index (κ3) is 2.47. The van der Waals surface area contributed by atoms with Crippen LogP contribution in [0.4, 0.5) is 5.82 Å². The molecule has 2 atom stereocenters.